The predicted octanol–water partition coefficient (Wildman–Crippen LogP) is 4.96. The zero-order valence-electron chi connectivity index (χ0n) is 18.9. The first-order valence-electron chi connectivity index (χ1n) is 10.5. The number of benzene rings is 1. The van der Waals surface area contributed by atoms with Crippen molar-refractivity contribution in [1.82, 2.24) is 19.9 Å². The minimum Gasteiger partial charge on any atom is -0.321 e. The molecule has 0 aliphatic heterocycles. The van der Waals surface area contributed by atoms with Crippen molar-refractivity contribution in [3.05, 3.63) is 96.1 Å². The number of hydrogen-bond acceptors (Lipinski definition) is 9. The van der Waals surface area contributed by atoms with Crippen molar-refractivity contribution in [3.63, 3.8) is 0 Å². The van der Waals surface area contributed by atoms with Crippen LogP contribution in [-0.4, -0.2) is 31.4 Å². The SMILES string of the molecule is CC(=NNc1cc(NN=C(C)c2ccncc2)nc(Nc2cc(F)ccc2F)n1)c1ccncc1. The molecule has 3 N–H and O–H groups in total. The van der Waals surface area contributed by atoms with Gasteiger partial charge in [0, 0.05) is 48.0 Å². The highest BCUT2D eigenvalue weighted by atomic mass is 19.1. The van der Waals surface area contributed by atoms with Crippen LogP contribution in [0.1, 0.15) is 25.0 Å². The van der Waals surface area contributed by atoms with Crippen LogP contribution in [-0.2, 0) is 0 Å². The van der Waals surface area contributed by atoms with Crippen LogP contribution in [0.15, 0.2) is 83.5 Å². The predicted molar refractivity (Wildman–Crippen MR) is 132 cm³/mol. The van der Waals surface area contributed by atoms with Gasteiger partial charge in [-0.3, -0.25) is 20.8 Å². The van der Waals surface area contributed by atoms with Gasteiger partial charge in [0.05, 0.1) is 17.1 Å². The Labute approximate surface area is 200 Å². The second-order valence-corrected chi connectivity index (χ2v) is 7.30. The molecule has 176 valence electrons. The maximum atomic E-state index is 14.2. The molecule has 4 rings (SSSR count). The molecule has 0 unspecified atom stereocenters. The molecule has 35 heavy (non-hydrogen) atoms. The minimum absolute atomic E-state index is 0.00975. The summed E-state index contributed by atoms with van der Waals surface area (Å²) in [6.07, 6.45) is 6.67. The van der Waals surface area contributed by atoms with Gasteiger partial charge in [-0.2, -0.15) is 20.2 Å². The Balaban J connectivity index is 1.63. The molecule has 0 radical (unpaired) electrons. The Morgan fingerprint density at radius 3 is 1.74 bits per heavy atom. The van der Waals surface area contributed by atoms with Crippen LogP contribution in [0.4, 0.5) is 32.1 Å². The Kier molecular flexibility index (Phi) is 7.26. The van der Waals surface area contributed by atoms with E-state index in [9.17, 15) is 8.78 Å². The second-order valence-electron chi connectivity index (χ2n) is 7.30. The van der Waals surface area contributed by atoms with Crippen molar-refractivity contribution in [2.45, 2.75) is 13.8 Å². The highest BCUT2D eigenvalue weighted by Crippen LogP contribution is 2.22. The maximum Gasteiger partial charge on any atom is 0.231 e. The summed E-state index contributed by atoms with van der Waals surface area (Å²) in [4.78, 5) is 16.6. The molecule has 0 aliphatic rings. The molecule has 4 aromatic rings. The van der Waals surface area contributed by atoms with Gasteiger partial charge in [0.25, 0.3) is 0 Å². The normalized spacial score (nSPS) is 11.8. The molecule has 0 atom stereocenters. The van der Waals surface area contributed by atoms with Crippen LogP contribution in [0, 0.1) is 11.6 Å². The lowest BCUT2D eigenvalue weighted by Crippen LogP contribution is -2.07. The molecule has 11 heteroatoms. The summed E-state index contributed by atoms with van der Waals surface area (Å²) in [5.74, 6) is -0.646. The highest BCUT2D eigenvalue weighted by molar-refractivity contribution is 5.99. The monoisotopic (exact) mass is 473 g/mol. The van der Waals surface area contributed by atoms with E-state index in [2.05, 4.69) is 46.3 Å². The summed E-state index contributed by atoms with van der Waals surface area (Å²) in [6, 6.07) is 11.9. The van der Waals surface area contributed by atoms with E-state index in [1.807, 2.05) is 38.1 Å². The van der Waals surface area contributed by atoms with Crippen LogP contribution < -0.4 is 16.2 Å². The molecule has 0 aliphatic carbocycles. The van der Waals surface area contributed by atoms with E-state index in [0.29, 0.717) is 23.1 Å². The molecule has 9 nitrogen and oxygen atoms in total. The van der Waals surface area contributed by atoms with Gasteiger partial charge in [-0.05, 0) is 50.2 Å². The number of anilines is 4. The van der Waals surface area contributed by atoms with Gasteiger partial charge in [-0.15, -0.1) is 0 Å². The Morgan fingerprint density at radius 1 is 0.714 bits per heavy atom. The quantitative estimate of drug-likeness (QED) is 0.245. The van der Waals surface area contributed by atoms with Gasteiger partial charge in [-0.1, -0.05) is 0 Å². The summed E-state index contributed by atoms with van der Waals surface area (Å²) in [6.45, 7) is 3.65. The lowest BCUT2D eigenvalue weighted by Gasteiger charge is -2.11. The third-order valence-electron chi connectivity index (χ3n) is 4.77. The summed E-state index contributed by atoms with van der Waals surface area (Å²) in [7, 11) is 0. The summed E-state index contributed by atoms with van der Waals surface area (Å²) >= 11 is 0. The Hall–Kier alpha value is -4.80. The molecule has 3 heterocycles. The van der Waals surface area contributed by atoms with Gasteiger partial charge in [-0.25, -0.2) is 8.78 Å². The first kappa shape index (κ1) is 23.4. The summed E-state index contributed by atoms with van der Waals surface area (Å²) < 4.78 is 27.8. The summed E-state index contributed by atoms with van der Waals surface area (Å²) in [5.41, 5.74) is 8.75. The van der Waals surface area contributed by atoms with E-state index in [-0.39, 0.29) is 11.6 Å². The van der Waals surface area contributed by atoms with Gasteiger partial charge in [0.1, 0.15) is 11.6 Å². The molecule has 0 saturated heterocycles. The van der Waals surface area contributed by atoms with Crippen LogP contribution >= 0.6 is 0 Å². The van der Waals surface area contributed by atoms with Crippen LogP contribution in [0.5, 0.6) is 0 Å². The third-order valence-corrected chi connectivity index (χ3v) is 4.77. The largest absolute Gasteiger partial charge is 0.321 e. The van der Waals surface area contributed by atoms with Gasteiger partial charge < -0.3 is 5.32 Å². The van der Waals surface area contributed by atoms with Crippen molar-refractivity contribution < 1.29 is 8.78 Å². The van der Waals surface area contributed by atoms with Crippen LogP contribution in [0.2, 0.25) is 0 Å². The molecule has 0 bridgehead atoms. The number of nitrogens with one attached hydrogen (secondary N) is 3. The standard InChI is InChI=1S/C24H21F2N9/c1-15(17-5-9-27-10-6-17)32-34-22-14-23(35-33-16(2)18-7-11-28-12-8-18)31-24(30-22)29-21-13-19(25)3-4-20(21)26/h3-14H,1-2H3,(H3,29,30,31,34,35). The minimum atomic E-state index is -0.652. The van der Waals surface area contributed by atoms with Gasteiger partial charge in [0.15, 0.2) is 11.6 Å². The van der Waals surface area contributed by atoms with E-state index in [4.69, 9.17) is 0 Å². The van der Waals surface area contributed by atoms with E-state index in [0.717, 1.165) is 29.3 Å². The van der Waals surface area contributed by atoms with E-state index in [1.54, 1.807) is 30.9 Å². The molecular weight excluding hydrogens is 452 g/mol. The molecular formula is C24H21F2N9. The zero-order valence-corrected chi connectivity index (χ0v) is 18.9. The molecule has 0 saturated carbocycles. The third kappa shape index (κ3) is 6.38. The topological polar surface area (TPSA) is 112 Å². The van der Waals surface area contributed by atoms with Crippen molar-refractivity contribution in [2.24, 2.45) is 10.2 Å². The van der Waals surface area contributed by atoms with E-state index < -0.39 is 11.6 Å². The number of hydrazone groups is 2. The molecule has 1 aromatic carbocycles. The Bertz CT molecular complexity index is 1280. The lowest BCUT2D eigenvalue weighted by molar-refractivity contribution is 0.603. The zero-order chi connectivity index (χ0) is 24.6. The lowest BCUT2D eigenvalue weighted by atomic mass is 10.2. The number of aromatic nitrogens is 4. The number of hydrogen-bond donors (Lipinski definition) is 3. The fourth-order valence-corrected chi connectivity index (χ4v) is 2.93. The number of halogens is 2. The first-order chi connectivity index (χ1) is 17.0. The Morgan fingerprint density at radius 2 is 1.23 bits per heavy atom. The van der Waals surface area contributed by atoms with Crippen molar-refractivity contribution in [3.8, 4) is 0 Å². The molecule has 0 spiro atoms. The van der Waals surface area contributed by atoms with E-state index >= 15 is 0 Å². The molecule has 3 aromatic heterocycles. The molecule has 0 fully saturated rings. The van der Waals surface area contributed by atoms with Crippen molar-refractivity contribution >= 4 is 34.7 Å². The number of pyridine rings is 2. The fraction of sp³-hybridized carbons (Fsp3) is 0.0833. The first-order valence-corrected chi connectivity index (χ1v) is 10.5. The number of nitrogens with zero attached hydrogens (tertiary/aromatic N) is 6. The fourth-order valence-electron chi connectivity index (χ4n) is 2.93. The summed E-state index contributed by atoms with van der Waals surface area (Å²) in [5, 5.41) is 11.4. The van der Waals surface area contributed by atoms with Gasteiger partial charge >= 0.3 is 0 Å². The second kappa shape index (κ2) is 10.9. The average molecular weight is 473 g/mol. The van der Waals surface area contributed by atoms with Crippen molar-refractivity contribution in [1.29, 1.82) is 0 Å². The highest BCUT2D eigenvalue weighted by Gasteiger charge is 2.10. The van der Waals surface area contributed by atoms with E-state index in [1.165, 1.54) is 0 Å². The number of rotatable bonds is 8. The van der Waals surface area contributed by atoms with Crippen LogP contribution in [0.25, 0.3) is 0 Å². The maximum absolute atomic E-state index is 14.2. The van der Waals surface area contributed by atoms with Crippen molar-refractivity contribution in [2.75, 3.05) is 16.2 Å². The van der Waals surface area contributed by atoms with Gasteiger partial charge in [0.2, 0.25) is 5.95 Å². The smallest absolute Gasteiger partial charge is 0.231 e. The van der Waals surface area contributed by atoms with Crippen LogP contribution in [0.3, 0.4) is 0 Å². The average Bonchev–Trinajstić information content (AvgIpc) is 2.89. The molecule has 0 amide bonds.